The molecule has 6 nitrogen and oxygen atoms in total. The van der Waals surface area contributed by atoms with Crippen molar-refractivity contribution in [3.05, 3.63) is 5.89 Å². The molecule has 1 aromatic heterocycles. The fourth-order valence-corrected chi connectivity index (χ4v) is 1.50. The number of aromatic nitrogens is 2. The fourth-order valence-electron chi connectivity index (χ4n) is 1.50. The summed E-state index contributed by atoms with van der Waals surface area (Å²) in [5.41, 5.74) is 0. The van der Waals surface area contributed by atoms with Crippen molar-refractivity contribution in [2.75, 3.05) is 25.1 Å². The van der Waals surface area contributed by atoms with Crippen molar-refractivity contribution in [3.8, 4) is 0 Å². The number of unbranched alkanes of at least 4 members (excludes halogenated alkanes) is 2. The van der Waals surface area contributed by atoms with E-state index in [2.05, 4.69) is 29.4 Å². The molecule has 1 heterocycles. The van der Waals surface area contributed by atoms with Crippen molar-refractivity contribution in [3.63, 3.8) is 0 Å². The summed E-state index contributed by atoms with van der Waals surface area (Å²) in [5.74, 6) is 0.612. The van der Waals surface area contributed by atoms with E-state index in [4.69, 9.17) is 9.52 Å². The minimum absolute atomic E-state index is 0.259. The van der Waals surface area contributed by atoms with E-state index < -0.39 is 0 Å². The monoisotopic (exact) mass is 256 g/mol. The van der Waals surface area contributed by atoms with Crippen LogP contribution >= 0.6 is 0 Å². The Kier molecular flexibility index (Phi) is 6.67. The Morgan fingerprint density at radius 2 is 2.06 bits per heavy atom. The van der Waals surface area contributed by atoms with Crippen LogP contribution in [0.15, 0.2) is 4.42 Å². The number of anilines is 1. The Labute approximate surface area is 108 Å². The molecular weight excluding hydrogens is 232 g/mol. The molecule has 0 aromatic carbocycles. The van der Waals surface area contributed by atoms with E-state index in [9.17, 15) is 0 Å². The Bertz CT molecular complexity index is 328. The van der Waals surface area contributed by atoms with Gasteiger partial charge in [-0.05, 0) is 19.3 Å². The maximum atomic E-state index is 8.69. The van der Waals surface area contributed by atoms with Gasteiger partial charge in [-0.3, -0.25) is 0 Å². The normalized spacial score (nSPS) is 11.2. The van der Waals surface area contributed by atoms with Crippen molar-refractivity contribution in [1.82, 2.24) is 15.5 Å². The number of nitrogens with zero attached hydrogens (tertiary/aromatic N) is 3. The molecule has 0 fully saturated rings. The molecule has 0 amide bonds. The van der Waals surface area contributed by atoms with Crippen molar-refractivity contribution in [2.45, 2.75) is 45.7 Å². The number of hydrogen-bond acceptors (Lipinski definition) is 6. The van der Waals surface area contributed by atoms with Crippen molar-refractivity contribution < 1.29 is 9.52 Å². The Balaban J connectivity index is 2.32. The van der Waals surface area contributed by atoms with Gasteiger partial charge in [0.05, 0.1) is 6.54 Å². The molecule has 0 aliphatic heterocycles. The summed E-state index contributed by atoms with van der Waals surface area (Å²) < 4.78 is 5.54. The SMILES string of the molecule is CC(C)NCc1nnc(N(C)CCCCCO)o1. The predicted molar refractivity (Wildman–Crippen MR) is 70.5 cm³/mol. The molecule has 0 bridgehead atoms. The third-order valence-corrected chi connectivity index (χ3v) is 2.60. The van der Waals surface area contributed by atoms with Crippen molar-refractivity contribution in [2.24, 2.45) is 0 Å². The van der Waals surface area contributed by atoms with Gasteiger partial charge in [0.2, 0.25) is 5.89 Å². The van der Waals surface area contributed by atoms with Crippen LogP contribution in [0.25, 0.3) is 0 Å². The lowest BCUT2D eigenvalue weighted by Crippen LogP contribution is -2.22. The Hall–Kier alpha value is -1.14. The Morgan fingerprint density at radius 1 is 1.28 bits per heavy atom. The molecule has 1 aromatic rings. The van der Waals surface area contributed by atoms with E-state index in [1.165, 1.54) is 0 Å². The van der Waals surface area contributed by atoms with Gasteiger partial charge < -0.3 is 19.7 Å². The summed E-state index contributed by atoms with van der Waals surface area (Å²) in [5, 5.41) is 19.9. The first-order valence-electron chi connectivity index (χ1n) is 6.51. The quantitative estimate of drug-likeness (QED) is 0.646. The van der Waals surface area contributed by atoms with Gasteiger partial charge >= 0.3 is 6.01 Å². The Morgan fingerprint density at radius 3 is 2.72 bits per heavy atom. The first-order chi connectivity index (χ1) is 8.63. The van der Waals surface area contributed by atoms with Gasteiger partial charge in [0.25, 0.3) is 0 Å². The van der Waals surface area contributed by atoms with E-state index in [-0.39, 0.29) is 6.61 Å². The van der Waals surface area contributed by atoms with Gasteiger partial charge in [-0.2, -0.15) is 0 Å². The van der Waals surface area contributed by atoms with E-state index in [1.54, 1.807) is 0 Å². The fraction of sp³-hybridized carbons (Fsp3) is 0.833. The average Bonchev–Trinajstić information content (AvgIpc) is 2.80. The zero-order chi connectivity index (χ0) is 13.4. The van der Waals surface area contributed by atoms with Crippen LogP contribution in [0, 0.1) is 0 Å². The number of aliphatic hydroxyl groups excluding tert-OH is 1. The third kappa shape index (κ3) is 5.46. The third-order valence-electron chi connectivity index (χ3n) is 2.60. The number of rotatable bonds is 9. The molecule has 0 aliphatic rings. The lowest BCUT2D eigenvalue weighted by atomic mass is 10.2. The number of aliphatic hydroxyl groups is 1. The molecule has 0 radical (unpaired) electrons. The van der Waals surface area contributed by atoms with E-state index in [0.29, 0.717) is 24.5 Å². The first kappa shape index (κ1) is 14.9. The van der Waals surface area contributed by atoms with Crippen LogP contribution in [0.2, 0.25) is 0 Å². The highest BCUT2D eigenvalue weighted by atomic mass is 16.4. The van der Waals surface area contributed by atoms with Gasteiger partial charge in [0.15, 0.2) is 0 Å². The molecule has 18 heavy (non-hydrogen) atoms. The average molecular weight is 256 g/mol. The maximum Gasteiger partial charge on any atom is 0.317 e. The molecule has 0 atom stereocenters. The zero-order valence-electron chi connectivity index (χ0n) is 11.5. The predicted octanol–water partition coefficient (Wildman–Crippen LogP) is 1.17. The van der Waals surface area contributed by atoms with Crippen LogP contribution in [-0.4, -0.2) is 41.5 Å². The minimum atomic E-state index is 0.259. The molecule has 0 spiro atoms. The van der Waals surface area contributed by atoms with E-state index in [1.807, 2.05) is 11.9 Å². The molecular formula is C12H24N4O2. The van der Waals surface area contributed by atoms with Crippen LogP contribution in [0.1, 0.15) is 39.0 Å². The lowest BCUT2D eigenvalue weighted by molar-refractivity contribution is 0.283. The van der Waals surface area contributed by atoms with Gasteiger partial charge in [0.1, 0.15) is 0 Å². The van der Waals surface area contributed by atoms with Crippen LogP contribution in [0.5, 0.6) is 0 Å². The second-order valence-corrected chi connectivity index (χ2v) is 4.72. The van der Waals surface area contributed by atoms with Crippen LogP contribution in [0.3, 0.4) is 0 Å². The topological polar surface area (TPSA) is 74.4 Å². The summed E-state index contributed by atoms with van der Waals surface area (Å²) in [7, 11) is 1.94. The molecule has 0 aliphatic carbocycles. The van der Waals surface area contributed by atoms with E-state index in [0.717, 1.165) is 25.8 Å². The minimum Gasteiger partial charge on any atom is -0.407 e. The van der Waals surface area contributed by atoms with Crippen molar-refractivity contribution in [1.29, 1.82) is 0 Å². The van der Waals surface area contributed by atoms with Gasteiger partial charge in [0, 0.05) is 26.2 Å². The maximum absolute atomic E-state index is 8.69. The highest BCUT2D eigenvalue weighted by Gasteiger charge is 2.10. The molecule has 104 valence electrons. The van der Waals surface area contributed by atoms with E-state index >= 15 is 0 Å². The molecule has 0 saturated carbocycles. The summed E-state index contributed by atoms with van der Waals surface area (Å²) in [6, 6.07) is 0.955. The highest BCUT2D eigenvalue weighted by Crippen LogP contribution is 2.11. The standard InChI is InChI=1S/C12H24N4O2/c1-10(2)13-9-11-14-15-12(18-11)16(3)7-5-4-6-8-17/h10,13,17H,4-9H2,1-3H3. The van der Waals surface area contributed by atoms with Crippen LogP contribution < -0.4 is 10.2 Å². The van der Waals surface area contributed by atoms with Gasteiger partial charge in [-0.1, -0.05) is 18.9 Å². The van der Waals surface area contributed by atoms with Crippen LogP contribution in [0.4, 0.5) is 6.01 Å². The molecule has 0 unspecified atom stereocenters. The number of nitrogens with one attached hydrogen (secondary N) is 1. The number of hydrogen-bond donors (Lipinski definition) is 2. The first-order valence-corrected chi connectivity index (χ1v) is 6.51. The van der Waals surface area contributed by atoms with Gasteiger partial charge in [-0.15, -0.1) is 5.10 Å². The molecule has 6 heteroatoms. The molecule has 1 rings (SSSR count). The van der Waals surface area contributed by atoms with Crippen molar-refractivity contribution >= 4 is 6.01 Å². The summed E-state index contributed by atoms with van der Waals surface area (Å²) in [6.07, 6.45) is 2.87. The molecule has 2 N–H and O–H groups in total. The largest absolute Gasteiger partial charge is 0.407 e. The summed E-state index contributed by atoms with van der Waals surface area (Å²) in [6.45, 7) is 5.87. The van der Waals surface area contributed by atoms with Crippen LogP contribution in [-0.2, 0) is 6.54 Å². The highest BCUT2D eigenvalue weighted by molar-refractivity contribution is 5.21. The second-order valence-electron chi connectivity index (χ2n) is 4.72. The summed E-state index contributed by atoms with van der Waals surface area (Å²) >= 11 is 0. The lowest BCUT2D eigenvalue weighted by Gasteiger charge is -2.13. The summed E-state index contributed by atoms with van der Waals surface area (Å²) in [4.78, 5) is 1.95. The second kappa shape index (κ2) is 8.05. The van der Waals surface area contributed by atoms with Gasteiger partial charge in [-0.25, -0.2) is 0 Å². The molecule has 0 saturated heterocycles. The smallest absolute Gasteiger partial charge is 0.317 e. The zero-order valence-corrected chi connectivity index (χ0v) is 11.5.